The lowest BCUT2D eigenvalue weighted by atomic mass is 10.2. The third kappa shape index (κ3) is 3.14. The van der Waals surface area contributed by atoms with E-state index in [2.05, 4.69) is 10.3 Å². The summed E-state index contributed by atoms with van der Waals surface area (Å²) in [6.45, 7) is 4.90. The van der Waals surface area contributed by atoms with Crippen molar-refractivity contribution in [3.63, 3.8) is 0 Å². The second kappa shape index (κ2) is 5.10. The van der Waals surface area contributed by atoms with Crippen molar-refractivity contribution in [1.29, 1.82) is 0 Å². The molecule has 0 bridgehead atoms. The van der Waals surface area contributed by atoms with Crippen molar-refractivity contribution >= 4 is 16.9 Å². The highest BCUT2D eigenvalue weighted by atomic mass is 16.3. The first-order valence-corrected chi connectivity index (χ1v) is 5.71. The van der Waals surface area contributed by atoms with Gasteiger partial charge in [0.05, 0.1) is 0 Å². The SMILES string of the molecule is CC(=O)CCNCc1ccc2oc(C)nc2c1. The second-order valence-corrected chi connectivity index (χ2v) is 4.16. The van der Waals surface area contributed by atoms with Crippen LogP contribution in [0.2, 0.25) is 0 Å². The molecule has 0 radical (unpaired) electrons. The Bertz CT molecular complexity index is 531. The van der Waals surface area contributed by atoms with Crippen LogP contribution in [-0.4, -0.2) is 17.3 Å². The van der Waals surface area contributed by atoms with Crippen molar-refractivity contribution in [2.45, 2.75) is 26.8 Å². The Morgan fingerprint density at radius 3 is 3.06 bits per heavy atom. The van der Waals surface area contributed by atoms with Gasteiger partial charge in [-0.05, 0) is 24.6 Å². The maximum Gasteiger partial charge on any atom is 0.192 e. The Balaban J connectivity index is 1.96. The molecule has 4 heteroatoms. The van der Waals surface area contributed by atoms with Gasteiger partial charge in [-0.1, -0.05) is 6.07 Å². The number of hydrogen-bond acceptors (Lipinski definition) is 4. The van der Waals surface area contributed by atoms with Crippen LogP contribution >= 0.6 is 0 Å². The first kappa shape index (κ1) is 11.8. The van der Waals surface area contributed by atoms with E-state index in [1.165, 1.54) is 0 Å². The maximum atomic E-state index is 10.8. The molecule has 0 aliphatic carbocycles. The first-order chi connectivity index (χ1) is 8.15. The minimum absolute atomic E-state index is 0.208. The Morgan fingerprint density at radius 2 is 2.29 bits per heavy atom. The molecule has 0 atom stereocenters. The second-order valence-electron chi connectivity index (χ2n) is 4.16. The van der Waals surface area contributed by atoms with Gasteiger partial charge in [0.25, 0.3) is 0 Å². The van der Waals surface area contributed by atoms with Crippen molar-refractivity contribution in [2.24, 2.45) is 0 Å². The number of fused-ring (bicyclic) bond motifs is 1. The highest BCUT2D eigenvalue weighted by molar-refractivity contribution is 5.75. The number of Topliss-reactive ketones (excluding diaryl/α,β-unsaturated/α-hetero) is 1. The summed E-state index contributed by atoms with van der Waals surface area (Å²) in [5.41, 5.74) is 2.85. The summed E-state index contributed by atoms with van der Waals surface area (Å²) in [5.74, 6) is 0.891. The van der Waals surface area contributed by atoms with Crippen LogP contribution in [0.25, 0.3) is 11.1 Å². The smallest absolute Gasteiger partial charge is 0.192 e. The zero-order chi connectivity index (χ0) is 12.3. The van der Waals surface area contributed by atoms with Crippen molar-refractivity contribution in [1.82, 2.24) is 10.3 Å². The van der Waals surface area contributed by atoms with E-state index in [0.717, 1.165) is 23.2 Å². The number of carbonyl (C=O) groups is 1. The molecule has 1 aromatic carbocycles. The number of hydrogen-bond donors (Lipinski definition) is 1. The average molecular weight is 232 g/mol. The van der Waals surface area contributed by atoms with E-state index >= 15 is 0 Å². The predicted octanol–water partition coefficient (Wildman–Crippen LogP) is 2.20. The first-order valence-electron chi connectivity index (χ1n) is 5.71. The summed E-state index contributed by atoms with van der Waals surface area (Å²) in [6, 6.07) is 5.94. The number of nitrogens with zero attached hydrogens (tertiary/aromatic N) is 1. The highest BCUT2D eigenvalue weighted by Gasteiger charge is 2.02. The van der Waals surface area contributed by atoms with Crippen molar-refractivity contribution in [3.8, 4) is 0 Å². The van der Waals surface area contributed by atoms with E-state index in [1.54, 1.807) is 6.92 Å². The molecule has 0 saturated heterocycles. The molecule has 90 valence electrons. The zero-order valence-corrected chi connectivity index (χ0v) is 10.1. The Kier molecular flexibility index (Phi) is 3.54. The largest absolute Gasteiger partial charge is 0.441 e. The topological polar surface area (TPSA) is 55.1 Å². The minimum atomic E-state index is 0.208. The lowest BCUT2D eigenvalue weighted by molar-refractivity contribution is -0.116. The molecule has 2 aromatic rings. The monoisotopic (exact) mass is 232 g/mol. The lowest BCUT2D eigenvalue weighted by Crippen LogP contribution is -2.16. The van der Waals surface area contributed by atoms with Crippen molar-refractivity contribution < 1.29 is 9.21 Å². The highest BCUT2D eigenvalue weighted by Crippen LogP contribution is 2.16. The number of rotatable bonds is 5. The summed E-state index contributed by atoms with van der Waals surface area (Å²) in [5, 5.41) is 3.23. The van der Waals surface area contributed by atoms with Crippen molar-refractivity contribution in [2.75, 3.05) is 6.54 Å². The fraction of sp³-hybridized carbons (Fsp3) is 0.385. The molecule has 1 aromatic heterocycles. The van der Waals surface area contributed by atoms with Crippen LogP contribution in [-0.2, 0) is 11.3 Å². The molecule has 0 aliphatic rings. The van der Waals surface area contributed by atoms with E-state index in [0.29, 0.717) is 18.9 Å². The molecule has 0 amide bonds. The third-order valence-corrected chi connectivity index (χ3v) is 2.54. The third-order valence-electron chi connectivity index (χ3n) is 2.54. The summed E-state index contributed by atoms with van der Waals surface area (Å²) < 4.78 is 5.40. The lowest BCUT2D eigenvalue weighted by Gasteiger charge is -2.02. The van der Waals surface area contributed by atoms with Crippen LogP contribution in [0.1, 0.15) is 24.8 Å². The molecule has 0 fully saturated rings. The fourth-order valence-corrected chi connectivity index (χ4v) is 1.70. The molecule has 0 unspecified atom stereocenters. The predicted molar refractivity (Wildman–Crippen MR) is 65.8 cm³/mol. The number of aromatic nitrogens is 1. The van der Waals surface area contributed by atoms with Gasteiger partial charge in [-0.15, -0.1) is 0 Å². The zero-order valence-electron chi connectivity index (χ0n) is 10.1. The van der Waals surface area contributed by atoms with Crippen LogP contribution in [0.3, 0.4) is 0 Å². The van der Waals surface area contributed by atoms with Crippen LogP contribution in [0.5, 0.6) is 0 Å². The van der Waals surface area contributed by atoms with Gasteiger partial charge in [-0.25, -0.2) is 4.98 Å². The number of aryl methyl sites for hydroxylation is 1. The molecule has 0 aliphatic heterocycles. The number of oxazole rings is 1. The maximum absolute atomic E-state index is 10.8. The Morgan fingerprint density at radius 1 is 1.47 bits per heavy atom. The molecule has 0 saturated carbocycles. The normalized spacial score (nSPS) is 10.9. The van der Waals surface area contributed by atoms with Gasteiger partial charge in [0.15, 0.2) is 11.5 Å². The number of carbonyl (C=O) groups excluding carboxylic acids is 1. The summed E-state index contributed by atoms with van der Waals surface area (Å²) in [7, 11) is 0. The van der Waals surface area contributed by atoms with E-state index < -0.39 is 0 Å². The van der Waals surface area contributed by atoms with Crippen molar-refractivity contribution in [3.05, 3.63) is 29.7 Å². The summed E-state index contributed by atoms with van der Waals surface area (Å²) in [4.78, 5) is 15.1. The molecule has 4 nitrogen and oxygen atoms in total. The quantitative estimate of drug-likeness (QED) is 0.803. The molecule has 1 heterocycles. The molecule has 0 spiro atoms. The van der Waals surface area contributed by atoms with E-state index in [-0.39, 0.29) is 5.78 Å². The Hall–Kier alpha value is -1.68. The number of benzene rings is 1. The van der Waals surface area contributed by atoms with Gasteiger partial charge in [-0.2, -0.15) is 0 Å². The fourth-order valence-electron chi connectivity index (χ4n) is 1.70. The van der Waals surface area contributed by atoms with Gasteiger partial charge >= 0.3 is 0 Å². The van der Waals surface area contributed by atoms with Gasteiger partial charge in [0.2, 0.25) is 0 Å². The van der Waals surface area contributed by atoms with Gasteiger partial charge in [0, 0.05) is 26.4 Å². The molecule has 2 rings (SSSR count). The standard InChI is InChI=1S/C13H16N2O2/c1-9(16)5-6-14-8-11-3-4-13-12(7-11)15-10(2)17-13/h3-4,7,14H,5-6,8H2,1-2H3. The van der Waals surface area contributed by atoms with Crippen LogP contribution in [0.4, 0.5) is 0 Å². The number of ketones is 1. The van der Waals surface area contributed by atoms with E-state index in [4.69, 9.17) is 4.42 Å². The van der Waals surface area contributed by atoms with E-state index in [1.807, 2.05) is 25.1 Å². The number of nitrogens with one attached hydrogen (secondary N) is 1. The van der Waals surface area contributed by atoms with Crippen LogP contribution in [0.15, 0.2) is 22.6 Å². The minimum Gasteiger partial charge on any atom is -0.441 e. The average Bonchev–Trinajstić information content (AvgIpc) is 2.63. The van der Waals surface area contributed by atoms with Crippen LogP contribution < -0.4 is 5.32 Å². The van der Waals surface area contributed by atoms with Crippen LogP contribution in [0, 0.1) is 6.92 Å². The molecule has 17 heavy (non-hydrogen) atoms. The van der Waals surface area contributed by atoms with Gasteiger partial charge < -0.3 is 9.73 Å². The van der Waals surface area contributed by atoms with E-state index in [9.17, 15) is 4.79 Å². The molecular formula is C13H16N2O2. The Labute approximate surface area is 100 Å². The summed E-state index contributed by atoms with van der Waals surface area (Å²) in [6.07, 6.45) is 0.575. The van der Waals surface area contributed by atoms with Gasteiger partial charge in [-0.3, -0.25) is 4.79 Å². The van der Waals surface area contributed by atoms with Gasteiger partial charge in [0.1, 0.15) is 11.3 Å². The summed E-state index contributed by atoms with van der Waals surface area (Å²) >= 11 is 0. The molecule has 1 N–H and O–H groups in total. The molecular weight excluding hydrogens is 216 g/mol.